The Morgan fingerprint density at radius 2 is 1.59 bits per heavy atom. The van der Waals surface area contributed by atoms with Crippen LogP contribution in [0.25, 0.3) is 0 Å². The van der Waals surface area contributed by atoms with Gasteiger partial charge in [0.25, 0.3) is 0 Å². The number of urea groups is 1. The molecular formula is C9H16FN3O3S. The summed E-state index contributed by atoms with van der Waals surface area (Å²) in [6.45, 7) is 3.94. The van der Waals surface area contributed by atoms with E-state index >= 15 is 0 Å². The standard InChI is InChI=1S/C9H16FN3O3S/c10-17(13-3-7-16-8-4-13)11-9(14)12-1-5-15-6-2-12/h1-8H2. The third kappa shape index (κ3) is 3.70. The zero-order chi connectivity index (χ0) is 12.1. The first kappa shape index (κ1) is 12.9. The van der Waals surface area contributed by atoms with Crippen molar-refractivity contribution in [1.82, 2.24) is 9.21 Å². The quantitative estimate of drug-likeness (QED) is 0.687. The number of amides is 2. The molecule has 1 atom stereocenters. The number of carbonyl (C=O) groups excluding carboxylic acids is 1. The number of morpholine rings is 2. The van der Waals surface area contributed by atoms with Gasteiger partial charge in [-0.15, -0.1) is 8.25 Å². The van der Waals surface area contributed by atoms with Crippen LogP contribution in [0.2, 0.25) is 0 Å². The molecule has 0 saturated carbocycles. The zero-order valence-electron chi connectivity index (χ0n) is 9.51. The normalized spacial score (nSPS) is 24.9. The van der Waals surface area contributed by atoms with Crippen molar-refractivity contribution in [3.63, 3.8) is 0 Å². The summed E-state index contributed by atoms with van der Waals surface area (Å²) < 4.78 is 29.1. The molecule has 8 heteroatoms. The number of carbonyl (C=O) groups is 1. The van der Waals surface area contributed by atoms with E-state index in [0.29, 0.717) is 52.6 Å². The molecule has 0 N–H and O–H groups in total. The highest BCUT2D eigenvalue weighted by Crippen LogP contribution is 2.08. The molecule has 2 amide bonds. The summed E-state index contributed by atoms with van der Waals surface area (Å²) >= 11 is -1.84. The minimum absolute atomic E-state index is 0.481. The minimum atomic E-state index is -1.84. The first-order valence-corrected chi connectivity index (χ1v) is 6.63. The average Bonchev–Trinajstić information content (AvgIpc) is 2.40. The van der Waals surface area contributed by atoms with Crippen LogP contribution < -0.4 is 0 Å². The Hall–Kier alpha value is -0.570. The van der Waals surface area contributed by atoms with Crippen LogP contribution in [0.3, 0.4) is 0 Å². The van der Waals surface area contributed by atoms with Crippen LogP contribution in [-0.4, -0.2) is 67.8 Å². The highest BCUT2D eigenvalue weighted by atomic mass is 32.2. The van der Waals surface area contributed by atoms with Gasteiger partial charge in [0, 0.05) is 26.2 Å². The fraction of sp³-hybridized carbons (Fsp3) is 0.889. The summed E-state index contributed by atoms with van der Waals surface area (Å²) in [5.41, 5.74) is 0. The molecule has 0 aromatic carbocycles. The predicted molar refractivity (Wildman–Crippen MR) is 61.1 cm³/mol. The van der Waals surface area contributed by atoms with Gasteiger partial charge in [0.15, 0.2) is 11.3 Å². The van der Waals surface area contributed by atoms with Crippen molar-refractivity contribution >= 4 is 17.3 Å². The van der Waals surface area contributed by atoms with Crippen molar-refractivity contribution in [1.29, 1.82) is 0 Å². The molecule has 0 aliphatic carbocycles. The van der Waals surface area contributed by atoms with E-state index in [1.165, 1.54) is 9.21 Å². The van der Waals surface area contributed by atoms with Gasteiger partial charge in [0.1, 0.15) is 0 Å². The van der Waals surface area contributed by atoms with Gasteiger partial charge in [-0.25, -0.2) is 9.10 Å². The van der Waals surface area contributed by atoms with E-state index in [-0.39, 0.29) is 0 Å². The molecule has 2 aliphatic rings. The van der Waals surface area contributed by atoms with Gasteiger partial charge >= 0.3 is 6.03 Å². The van der Waals surface area contributed by atoms with Crippen molar-refractivity contribution in [2.75, 3.05) is 52.6 Å². The number of hydrogen-bond acceptors (Lipinski definition) is 3. The summed E-state index contributed by atoms with van der Waals surface area (Å²) in [6.07, 6.45) is 0. The molecule has 2 fully saturated rings. The molecule has 0 bridgehead atoms. The van der Waals surface area contributed by atoms with Crippen LogP contribution in [0.1, 0.15) is 0 Å². The maximum atomic E-state index is 13.7. The molecule has 6 nitrogen and oxygen atoms in total. The van der Waals surface area contributed by atoms with E-state index in [1.807, 2.05) is 0 Å². The fourth-order valence-electron chi connectivity index (χ4n) is 1.63. The monoisotopic (exact) mass is 265 g/mol. The predicted octanol–water partition coefficient (Wildman–Crippen LogP) is 0.372. The molecule has 1 unspecified atom stereocenters. The number of nitrogens with zero attached hydrogens (tertiary/aromatic N) is 3. The lowest BCUT2D eigenvalue weighted by Crippen LogP contribution is -2.40. The molecule has 0 radical (unpaired) electrons. The highest BCUT2D eigenvalue weighted by molar-refractivity contribution is 7.80. The Labute approximate surface area is 102 Å². The highest BCUT2D eigenvalue weighted by Gasteiger charge is 2.20. The van der Waals surface area contributed by atoms with E-state index in [9.17, 15) is 8.68 Å². The first-order chi connectivity index (χ1) is 8.27. The van der Waals surface area contributed by atoms with Gasteiger partial charge in [-0.05, 0) is 0 Å². The Morgan fingerprint density at radius 3 is 2.18 bits per heavy atom. The van der Waals surface area contributed by atoms with Crippen LogP contribution in [0.5, 0.6) is 0 Å². The van der Waals surface area contributed by atoms with Crippen LogP contribution in [0.15, 0.2) is 4.36 Å². The van der Waals surface area contributed by atoms with Crippen molar-refractivity contribution < 1.29 is 18.2 Å². The summed E-state index contributed by atoms with van der Waals surface area (Å²) in [5.74, 6) is 0. The van der Waals surface area contributed by atoms with Crippen molar-refractivity contribution in [2.24, 2.45) is 4.36 Å². The lowest BCUT2D eigenvalue weighted by Gasteiger charge is -2.26. The first-order valence-electron chi connectivity index (χ1n) is 5.59. The summed E-state index contributed by atoms with van der Waals surface area (Å²) in [7, 11) is 0. The lowest BCUT2D eigenvalue weighted by atomic mass is 10.4. The molecule has 0 spiro atoms. The smallest absolute Gasteiger partial charge is 0.353 e. The van der Waals surface area contributed by atoms with E-state index < -0.39 is 17.3 Å². The molecular weight excluding hydrogens is 249 g/mol. The lowest BCUT2D eigenvalue weighted by molar-refractivity contribution is 0.0554. The molecule has 2 saturated heterocycles. The van der Waals surface area contributed by atoms with Gasteiger partial charge in [0.05, 0.1) is 26.4 Å². The third-order valence-corrected chi connectivity index (χ3v) is 3.72. The SMILES string of the molecule is O=C(/N=S(\F)N1CCOCC1)N1CCOCC1. The van der Waals surface area contributed by atoms with Crippen LogP contribution in [-0.2, 0) is 20.7 Å². The molecule has 0 aromatic rings. The van der Waals surface area contributed by atoms with E-state index in [1.54, 1.807) is 0 Å². The zero-order valence-corrected chi connectivity index (χ0v) is 10.3. The van der Waals surface area contributed by atoms with Crippen molar-refractivity contribution in [3.05, 3.63) is 0 Å². The van der Waals surface area contributed by atoms with Crippen LogP contribution in [0.4, 0.5) is 8.68 Å². The van der Waals surface area contributed by atoms with Gasteiger partial charge < -0.3 is 14.4 Å². The molecule has 2 heterocycles. The van der Waals surface area contributed by atoms with Gasteiger partial charge in [0.2, 0.25) is 0 Å². The second-order valence-electron chi connectivity index (χ2n) is 3.73. The maximum absolute atomic E-state index is 13.7. The Morgan fingerprint density at radius 1 is 1.06 bits per heavy atom. The molecule has 0 aromatic heterocycles. The fourth-order valence-corrected chi connectivity index (χ4v) is 2.44. The average molecular weight is 265 g/mol. The number of hydrogen-bond donors (Lipinski definition) is 0. The van der Waals surface area contributed by atoms with Gasteiger partial charge in [-0.1, -0.05) is 0 Å². The van der Waals surface area contributed by atoms with E-state index in [4.69, 9.17) is 9.47 Å². The van der Waals surface area contributed by atoms with Crippen LogP contribution in [0, 0.1) is 0 Å². The Kier molecular flexibility index (Phi) is 4.84. The minimum Gasteiger partial charge on any atom is -0.379 e. The van der Waals surface area contributed by atoms with Gasteiger partial charge in [-0.3, -0.25) is 0 Å². The summed E-state index contributed by atoms with van der Waals surface area (Å²) in [5, 5.41) is 0. The topological polar surface area (TPSA) is 54.4 Å². The summed E-state index contributed by atoms with van der Waals surface area (Å²) in [4.78, 5) is 13.2. The largest absolute Gasteiger partial charge is 0.379 e. The van der Waals surface area contributed by atoms with Crippen LogP contribution >= 0.6 is 0 Å². The molecule has 17 heavy (non-hydrogen) atoms. The second kappa shape index (κ2) is 6.39. The van der Waals surface area contributed by atoms with E-state index in [2.05, 4.69) is 4.36 Å². The number of ether oxygens (including phenoxy) is 2. The number of halogens is 1. The molecule has 2 rings (SSSR count). The Balaban J connectivity index is 1.89. The van der Waals surface area contributed by atoms with E-state index in [0.717, 1.165) is 0 Å². The maximum Gasteiger partial charge on any atom is 0.353 e. The number of rotatable bonds is 1. The third-order valence-electron chi connectivity index (χ3n) is 2.62. The van der Waals surface area contributed by atoms with Crippen molar-refractivity contribution in [2.45, 2.75) is 0 Å². The molecule has 98 valence electrons. The summed E-state index contributed by atoms with van der Waals surface area (Å²) in [6, 6.07) is -0.481. The van der Waals surface area contributed by atoms with Gasteiger partial charge in [-0.2, -0.15) is 0 Å². The van der Waals surface area contributed by atoms with Crippen molar-refractivity contribution in [3.8, 4) is 0 Å². The second-order valence-corrected chi connectivity index (χ2v) is 4.87. The Bertz CT molecular complexity index is 304. The molecule has 2 aliphatic heterocycles.